The van der Waals surface area contributed by atoms with Gasteiger partial charge in [-0.05, 0) is 12.5 Å². The van der Waals surface area contributed by atoms with Gasteiger partial charge in [0.05, 0.1) is 6.61 Å². The number of nitrogens with zero attached hydrogens (tertiary/aromatic N) is 2. The van der Waals surface area contributed by atoms with Gasteiger partial charge in [-0.25, -0.2) is 9.59 Å². The van der Waals surface area contributed by atoms with Crippen molar-refractivity contribution in [2.24, 2.45) is 0 Å². The Morgan fingerprint density at radius 2 is 1.57 bits per heavy atom. The van der Waals surface area contributed by atoms with Crippen LogP contribution in [0.1, 0.15) is 12.5 Å². The normalized spacial score (nSPS) is 14.3. The van der Waals surface area contributed by atoms with Crippen molar-refractivity contribution >= 4 is 18.0 Å². The van der Waals surface area contributed by atoms with Crippen LogP contribution in [0.2, 0.25) is 0 Å². The molecule has 1 heterocycles. The second-order valence-electron chi connectivity index (χ2n) is 5.04. The van der Waals surface area contributed by atoms with Crippen LogP contribution in [0.4, 0.5) is 4.79 Å². The van der Waals surface area contributed by atoms with Crippen molar-refractivity contribution in [3.05, 3.63) is 35.9 Å². The molecule has 7 nitrogen and oxygen atoms in total. The Morgan fingerprint density at radius 1 is 0.957 bits per heavy atom. The molecule has 0 unspecified atom stereocenters. The molecule has 1 aromatic rings. The van der Waals surface area contributed by atoms with Crippen molar-refractivity contribution in [3.8, 4) is 0 Å². The smallest absolute Gasteiger partial charge is 0.410 e. The lowest BCUT2D eigenvalue weighted by Crippen LogP contribution is -2.52. The molecule has 1 fully saturated rings. The van der Waals surface area contributed by atoms with Crippen molar-refractivity contribution < 1.29 is 23.9 Å². The Morgan fingerprint density at radius 3 is 2.17 bits per heavy atom. The highest BCUT2D eigenvalue weighted by Gasteiger charge is 2.29. The lowest BCUT2D eigenvalue weighted by molar-refractivity contribution is -0.160. The first-order valence-corrected chi connectivity index (χ1v) is 7.53. The minimum atomic E-state index is -0.854. The fourth-order valence-corrected chi connectivity index (χ4v) is 2.22. The molecule has 0 bridgehead atoms. The maximum Gasteiger partial charge on any atom is 0.410 e. The minimum Gasteiger partial charge on any atom is -0.459 e. The van der Waals surface area contributed by atoms with Crippen LogP contribution in [0.5, 0.6) is 0 Å². The summed E-state index contributed by atoms with van der Waals surface area (Å²) in [5, 5.41) is 0. The SMILES string of the molecule is CCOC(=O)C(=O)N1CCN(C(=O)OCc2ccccc2)CC1. The van der Waals surface area contributed by atoms with Gasteiger partial charge in [0, 0.05) is 26.2 Å². The molecule has 7 heteroatoms. The molecule has 2 rings (SSSR count). The van der Waals surface area contributed by atoms with E-state index in [-0.39, 0.29) is 26.3 Å². The topological polar surface area (TPSA) is 76.2 Å². The molecule has 0 aromatic heterocycles. The van der Waals surface area contributed by atoms with Gasteiger partial charge in [-0.2, -0.15) is 0 Å². The first-order chi connectivity index (χ1) is 11.1. The van der Waals surface area contributed by atoms with E-state index < -0.39 is 18.0 Å². The van der Waals surface area contributed by atoms with Crippen LogP contribution in [-0.4, -0.2) is 60.6 Å². The number of carbonyl (C=O) groups is 3. The number of esters is 1. The van der Waals surface area contributed by atoms with Gasteiger partial charge in [-0.3, -0.25) is 4.79 Å². The van der Waals surface area contributed by atoms with Crippen LogP contribution in [-0.2, 0) is 25.7 Å². The monoisotopic (exact) mass is 320 g/mol. The number of amides is 2. The van der Waals surface area contributed by atoms with Crippen LogP contribution < -0.4 is 0 Å². The van der Waals surface area contributed by atoms with Crippen LogP contribution in [0.25, 0.3) is 0 Å². The van der Waals surface area contributed by atoms with Gasteiger partial charge in [0.25, 0.3) is 0 Å². The van der Waals surface area contributed by atoms with Crippen molar-refractivity contribution in [2.75, 3.05) is 32.8 Å². The number of carbonyl (C=O) groups excluding carboxylic acids is 3. The predicted octanol–water partition coefficient (Wildman–Crippen LogP) is 1.03. The second-order valence-corrected chi connectivity index (χ2v) is 5.04. The minimum absolute atomic E-state index is 0.163. The van der Waals surface area contributed by atoms with E-state index in [0.717, 1.165) is 5.56 Å². The molecule has 0 radical (unpaired) electrons. The number of ether oxygens (including phenoxy) is 2. The van der Waals surface area contributed by atoms with E-state index >= 15 is 0 Å². The van der Waals surface area contributed by atoms with E-state index in [0.29, 0.717) is 13.1 Å². The van der Waals surface area contributed by atoms with E-state index in [9.17, 15) is 14.4 Å². The molecular weight excluding hydrogens is 300 g/mol. The Hall–Kier alpha value is -2.57. The molecule has 0 N–H and O–H groups in total. The van der Waals surface area contributed by atoms with Crippen LogP contribution >= 0.6 is 0 Å². The molecule has 0 spiro atoms. The lowest BCUT2D eigenvalue weighted by Gasteiger charge is -2.33. The summed E-state index contributed by atoms with van der Waals surface area (Å²) in [7, 11) is 0. The molecule has 0 aliphatic carbocycles. The summed E-state index contributed by atoms with van der Waals surface area (Å²) in [5.41, 5.74) is 0.914. The predicted molar refractivity (Wildman–Crippen MR) is 81.4 cm³/mol. The van der Waals surface area contributed by atoms with Crippen molar-refractivity contribution in [1.82, 2.24) is 9.80 Å². The quantitative estimate of drug-likeness (QED) is 0.614. The zero-order valence-corrected chi connectivity index (χ0v) is 13.1. The van der Waals surface area contributed by atoms with Crippen molar-refractivity contribution in [1.29, 1.82) is 0 Å². The van der Waals surface area contributed by atoms with Gasteiger partial charge in [-0.15, -0.1) is 0 Å². The number of hydrogen-bond acceptors (Lipinski definition) is 5. The summed E-state index contributed by atoms with van der Waals surface area (Å²) in [6.45, 7) is 3.26. The van der Waals surface area contributed by atoms with Gasteiger partial charge < -0.3 is 19.3 Å². The molecule has 1 aromatic carbocycles. The van der Waals surface area contributed by atoms with Crippen molar-refractivity contribution in [3.63, 3.8) is 0 Å². The van der Waals surface area contributed by atoms with E-state index in [4.69, 9.17) is 4.74 Å². The number of benzene rings is 1. The van der Waals surface area contributed by atoms with Gasteiger partial charge in [0.1, 0.15) is 6.61 Å². The summed E-state index contributed by atoms with van der Waals surface area (Å²) >= 11 is 0. The second kappa shape index (κ2) is 8.17. The van der Waals surface area contributed by atoms with Crippen LogP contribution in [0.3, 0.4) is 0 Å². The van der Waals surface area contributed by atoms with Crippen molar-refractivity contribution in [2.45, 2.75) is 13.5 Å². The third-order valence-electron chi connectivity index (χ3n) is 3.48. The first-order valence-electron chi connectivity index (χ1n) is 7.53. The molecule has 124 valence electrons. The average molecular weight is 320 g/mol. The standard InChI is InChI=1S/C16H20N2O5/c1-2-22-15(20)14(19)17-8-10-18(11-9-17)16(21)23-12-13-6-4-3-5-7-13/h3-7H,2,8-12H2,1H3. The van der Waals surface area contributed by atoms with Gasteiger partial charge >= 0.3 is 18.0 Å². The third-order valence-corrected chi connectivity index (χ3v) is 3.48. The number of piperazine rings is 1. The average Bonchev–Trinajstić information content (AvgIpc) is 2.60. The Kier molecular flexibility index (Phi) is 5.96. The Labute approximate surface area is 134 Å². The fraction of sp³-hybridized carbons (Fsp3) is 0.438. The summed E-state index contributed by atoms with van der Waals surface area (Å²) in [5.74, 6) is -1.52. The summed E-state index contributed by atoms with van der Waals surface area (Å²) in [6.07, 6.45) is -0.419. The summed E-state index contributed by atoms with van der Waals surface area (Å²) < 4.78 is 9.92. The zero-order chi connectivity index (χ0) is 16.7. The number of hydrogen-bond donors (Lipinski definition) is 0. The first kappa shape index (κ1) is 16.8. The molecule has 1 aliphatic heterocycles. The zero-order valence-electron chi connectivity index (χ0n) is 13.1. The molecule has 23 heavy (non-hydrogen) atoms. The highest BCUT2D eigenvalue weighted by molar-refractivity contribution is 6.32. The van der Waals surface area contributed by atoms with Gasteiger partial charge in [0.15, 0.2) is 0 Å². The Bertz CT molecular complexity index is 553. The highest BCUT2D eigenvalue weighted by atomic mass is 16.6. The summed E-state index contributed by atoms with van der Waals surface area (Å²) in [6, 6.07) is 9.41. The van der Waals surface area contributed by atoms with E-state index in [1.807, 2.05) is 30.3 Å². The number of rotatable bonds is 3. The van der Waals surface area contributed by atoms with Gasteiger partial charge in [-0.1, -0.05) is 30.3 Å². The molecular formula is C16H20N2O5. The maximum atomic E-state index is 12.0. The molecule has 2 amide bonds. The van der Waals surface area contributed by atoms with Crippen LogP contribution in [0, 0.1) is 0 Å². The molecule has 0 saturated carbocycles. The molecule has 1 aliphatic rings. The van der Waals surface area contributed by atoms with E-state index in [1.54, 1.807) is 6.92 Å². The fourth-order valence-electron chi connectivity index (χ4n) is 2.22. The third kappa shape index (κ3) is 4.70. The van der Waals surface area contributed by atoms with E-state index in [2.05, 4.69) is 4.74 Å². The highest BCUT2D eigenvalue weighted by Crippen LogP contribution is 2.07. The lowest BCUT2D eigenvalue weighted by atomic mass is 10.2. The summed E-state index contributed by atoms with van der Waals surface area (Å²) in [4.78, 5) is 38.1. The van der Waals surface area contributed by atoms with E-state index in [1.165, 1.54) is 9.80 Å². The van der Waals surface area contributed by atoms with Gasteiger partial charge in [0.2, 0.25) is 0 Å². The Balaban J connectivity index is 1.76. The largest absolute Gasteiger partial charge is 0.459 e. The maximum absolute atomic E-state index is 12.0. The molecule has 1 saturated heterocycles. The molecule has 0 atom stereocenters. The van der Waals surface area contributed by atoms with Crippen LogP contribution in [0.15, 0.2) is 30.3 Å².